The summed E-state index contributed by atoms with van der Waals surface area (Å²) in [6, 6.07) is 5.04. The van der Waals surface area contributed by atoms with Crippen LogP contribution in [-0.2, 0) is 14.8 Å². The Labute approximate surface area is 150 Å². The van der Waals surface area contributed by atoms with Crippen LogP contribution in [0.4, 0.5) is 0 Å². The molecule has 0 unspecified atom stereocenters. The van der Waals surface area contributed by atoms with Crippen LogP contribution in [0.2, 0.25) is 0 Å². The van der Waals surface area contributed by atoms with Gasteiger partial charge in [0.05, 0.1) is 31.1 Å². The third-order valence-corrected chi connectivity index (χ3v) is 6.80. The number of piperazine rings is 1. The van der Waals surface area contributed by atoms with Crippen LogP contribution in [0.1, 0.15) is 18.1 Å². The molecule has 2 N–H and O–H groups in total. The van der Waals surface area contributed by atoms with Gasteiger partial charge in [-0.1, -0.05) is 12.1 Å². The molecule has 1 aliphatic rings. The molecule has 1 aliphatic heterocycles. The number of aryl methyl sites for hydroxylation is 2. The summed E-state index contributed by atoms with van der Waals surface area (Å²) in [5.74, 6) is -0.0274. The topological polar surface area (TPSA) is 70.9 Å². The molecule has 1 fully saturated rings. The average molecular weight is 367 g/mol. The zero-order valence-corrected chi connectivity index (χ0v) is 16.0. The number of benzene rings is 1. The third-order valence-electron chi connectivity index (χ3n) is 4.91. The van der Waals surface area contributed by atoms with Gasteiger partial charge in [-0.25, -0.2) is 8.42 Å². The van der Waals surface area contributed by atoms with Gasteiger partial charge in [0.25, 0.3) is 5.91 Å². The summed E-state index contributed by atoms with van der Waals surface area (Å²) in [6.07, 6.45) is 1.65. The van der Waals surface area contributed by atoms with Crippen molar-refractivity contribution >= 4 is 15.9 Å². The SMILES string of the molecule is C=CCNC(=O)[C@@H](C)[NH+]1CCN(S(=O)(=O)c2ccc(C)c(C)c2)CC1. The minimum Gasteiger partial charge on any atom is -0.347 e. The fourth-order valence-electron chi connectivity index (χ4n) is 2.98. The van der Waals surface area contributed by atoms with Gasteiger partial charge in [0.1, 0.15) is 0 Å². The van der Waals surface area contributed by atoms with Crippen LogP contribution in [0.15, 0.2) is 35.7 Å². The number of hydrogen-bond donors (Lipinski definition) is 2. The Kier molecular flexibility index (Phi) is 6.37. The number of quaternary nitrogens is 1. The molecule has 7 heteroatoms. The Morgan fingerprint density at radius 3 is 2.52 bits per heavy atom. The third kappa shape index (κ3) is 4.48. The molecule has 0 bridgehead atoms. The first-order chi connectivity index (χ1) is 11.8. The zero-order chi connectivity index (χ0) is 18.6. The number of rotatable bonds is 6. The molecule has 25 heavy (non-hydrogen) atoms. The Morgan fingerprint density at radius 2 is 1.96 bits per heavy atom. The highest BCUT2D eigenvalue weighted by Crippen LogP contribution is 2.19. The lowest BCUT2D eigenvalue weighted by Gasteiger charge is -2.34. The highest BCUT2D eigenvalue weighted by Gasteiger charge is 2.34. The molecular weight excluding hydrogens is 338 g/mol. The van der Waals surface area contributed by atoms with Crippen LogP contribution in [0.3, 0.4) is 0 Å². The second-order valence-electron chi connectivity index (χ2n) is 6.56. The van der Waals surface area contributed by atoms with Crippen LogP contribution >= 0.6 is 0 Å². The highest BCUT2D eigenvalue weighted by atomic mass is 32.2. The fraction of sp³-hybridized carbons (Fsp3) is 0.500. The molecule has 1 aromatic rings. The first-order valence-corrected chi connectivity index (χ1v) is 10.0. The second-order valence-corrected chi connectivity index (χ2v) is 8.50. The molecule has 0 spiro atoms. The molecule has 138 valence electrons. The van der Waals surface area contributed by atoms with Gasteiger partial charge in [0, 0.05) is 6.54 Å². The largest absolute Gasteiger partial charge is 0.347 e. The van der Waals surface area contributed by atoms with Gasteiger partial charge >= 0.3 is 0 Å². The van der Waals surface area contributed by atoms with E-state index in [1.54, 1.807) is 18.2 Å². The van der Waals surface area contributed by atoms with E-state index in [4.69, 9.17) is 0 Å². The van der Waals surface area contributed by atoms with E-state index in [9.17, 15) is 13.2 Å². The molecule has 0 aliphatic carbocycles. The maximum atomic E-state index is 12.8. The van der Waals surface area contributed by atoms with E-state index < -0.39 is 10.0 Å². The van der Waals surface area contributed by atoms with Crippen LogP contribution in [0.25, 0.3) is 0 Å². The van der Waals surface area contributed by atoms with Crippen molar-refractivity contribution in [2.24, 2.45) is 0 Å². The lowest BCUT2D eigenvalue weighted by atomic mass is 10.1. The molecule has 0 saturated carbocycles. The minimum absolute atomic E-state index is 0.0274. The number of sulfonamides is 1. The highest BCUT2D eigenvalue weighted by molar-refractivity contribution is 7.89. The molecule has 1 atom stereocenters. The van der Waals surface area contributed by atoms with Crippen molar-refractivity contribution in [1.29, 1.82) is 0 Å². The predicted molar refractivity (Wildman–Crippen MR) is 98.0 cm³/mol. The molecule has 0 radical (unpaired) electrons. The van der Waals surface area contributed by atoms with Crippen LogP contribution in [0, 0.1) is 13.8 Å². The molecule has 1 heterocycles. The van der Waals surface area contributed by atoms with E-state index in [-0.39, 0.29) is 11.9 Å². The summed E-state index contributed by atoms with van der Waals surface area (Å²) >= 11 is 0. The average Bonchev–Trinajstić information content (AvgIpc) is 2.61. The van der Waals surface area contributed by atoms with Gasteiger partial charge in [0.15, 0.2) is 6.04 Å². The van der Waals surface area contributed by atoms with Gasteiger partial charge in [-0.05, 0) is 44.0 Å². The van der Waals surface area contributed by atoms with E-state index in [1.807, 2.05) is 26.8 Å². The van der Waals surface area contributed by atoms with Crippen LogP contribution in [-0.4, -0.2) is 57.4 Å². The smallest absolute Gasteiger partial charge is 0.278 e. The van der Waals surface area contributed by atoms with Gasteiger partial charge in [-0.15, -0.1) is 6.58 Å². The predicted octanol–water partition coefficient (Wildman–Crippen LogP) is -0.117. The van der Waals surface area contributed by atoms with Crippen LogP contribution < -0.4 is 10.2 Å². The minimum atomic E-state index is -3.48. The van der Waals surface area contributed by atoms with E-state index in [2.05, 4.69) is 11.9 Å². The summed E-state index contributed by atoms with van der Waals surface area (Å²) in [5, 5.41) is 2.80. The first-order valence-electron chi connectivity index (χ1n) is 8.58. The Hall–Kier alpha value is -1.70. The van der Waals surface area contributed by atoms with Crippen LogP contribution in [0.5, 0.6) is 0 Å². The van der Waals surface area contributed by atoms with Gasteiger partial charge in [-0.3, -0.25) is 4.79 Å². The van der Waals surface area contributed by atoms with Gasteiger partial charge < -0.3 is 10.2 Å². The van der Waals surface area contributed by atoms with Crippen molar-refractivity contribution in [1.82, 2.24) is 9.62 Å². The van der Waals surface area contributed by atoms with Crippen molar-refractivity contribution in [2.75, 3.05) is 32.7 Å². The Morgan fingerprint density at radius 1 is 1.32 bits per heavy atom. The van der Waals surface area contributed by atoms with Crippen molar-refractivity contribution < 1.29 is 18.1 Å². The molecule has 1 saturated heterocycles. The van der Waals surface area contributed by atoms with Gasteiger partial charge in [-0.2, -0.15) is 4.31 Å². The molecule has 1 amide bonds. The molecule has 0 aromatic heterocycles. The van der Waals surface area contributed by atoms with E-state index in [0.717, 1.165) is 16.0 Å². The number of carbonyl (C=O) groups is 1. The number of carbonyl (C=O) groups excluding carboxylic acids is 1. The number of hydrogen-bond acceptors (Lipinski definition) is 3. The molecule has 2 rings (SSSR count). The summed E-state index contributed by atoms with van der Waals surface area (Å²) in [4.78, 5) is 13.5. The fourth-order valence-corrected chi connectivity index (χ4v) is 4.51. The Balaban J connectivity index is 2.02. The maximum Gasteiger partial charge on any atom is 0.278 e. The van der Waals surface area contributed by atoms with Crippen molar-refractivity contribution in [3.05, 3.63) is 42.0 Å². The summed E-state index contributed by atoms with van der Waals surface area (Å²) in [7, 11) is -3.48. The first kappa shape index (κ1) is 19.6. The van der Waals surface area contributed by atoms with Crippen molar-refractivity contribution in [3.63, 3.8) is 0 Å². The lowest BCUT2D eigenvalue weighted by Crippen LogP contribution is -3.19. The molecular formula is C18H28N3O3S+. The Bertz CT molecular complexity index is 738. The number of nitrogens with zero attached hydrogens (tertiary/aromatic N) is 1. The van der Waals surface area contributed by atoms with E-state index in [1.165, 1.54) is 4.31 Å². The van der Waals surface area contributed by atoms with E-state index in [0.29, 0.717) is 37.6 Å². The van der Waals surface area contributed by atoms with Crippen molar-refractivity contribution in [2.45, 2.75) is 31.7 Å². The van der Waals surface area contributed by atoms with E-state index >= 15 is 0 Å². The summed E-state index contributed by atoms with van der Waals surface area (Å²) in [5.41, 5.74) is 2.05. The molecule has 1 aromatic carbocycles. The number of nitrogens with one attached hydrogen (secondary N) is 2. The monoisotopic (exact) mass is 366 g/mol. The number of amides is 1. The quantitative estimate of drug-likeness (QED) is 0.690. The zero-order valence-electron chi connectivity index (χ0n) is 15.2. The van der Waals surface area contributed by atoms with Crippen molar-refractivity contribution in [3.8, 4) is 0 Å². The molecule has 6 nitrogen and oxygen atoms in total. The normalized spacial score (nSPS) is 17.9. The van der Waals surface area contributed by atoms with Gasteiger partial charge in [0.2, 0.25) is 10.0 Å². The summed E-state index contributed by atoms with van der Waals surface area (Å²) < 4.78 is 27.2. The summed E-state index contributed by atoms with van der Waals surface area (Å²) in [6.45, 7) is 11.9. The maximum absolute atomic E-state index is 12.8. The lowest BCUT2D eigenvalue weighted by molar-refractivity contribution is -0.917. The standard InChI is InChI=1S/C18H27N3O3S/c1-5-8-19-18(22)16(4)20-9-11-21(12-10-20)25(23,24)17-7-6-14(2)15(3)13-17/h5-7,13,16H,1,8-12H2,2-4H3,(H,19,22)/p+1/t16-/m1/s1. The second kappa shape index (κ2) is 8.12.